The van der Waals surface area contributed by atoms with E-state index >= 15 is 0 Å². The second kappa shape index (κ2) is 10.2. The number of piperidine rings is 1. The molecule has 1 aliphatic rings. The van der Waals surface area contributed by atoms with Crippen molar-refractivity contribution in [2.45, 2.75) is 24.7 Å². The summed E-state index contributed by atoms with van der Waals surface area (Å²) in [4.78, 5) is 12.9. The fourth-order valence-corrected chi connectivity index (χ4v) is 5.08. The van der Waals surface area contributed by atoms with Crippen LogP contribution < -0.4 is 14.2 Å². The normalized spacial score (nSPS) is 15.6. The number of hydrogen-bond donors (Lipinski definition) is 0. The van der Waals surface area contributed by atoms with E-state index in [1.54, 1.807) is 18.2 Å². The molecule has 3 rings (SSSR count). The summed E-state index contributed by atoms with van der Waals surface area (Å²) in [6.07, 6.45) is 4.77. The smallest absolute Gasteiger partial charge is 0.243 e. The number of allylic oxidation sites excluding steroid dienone is 1. The Morgan fingerprint density at radius 2 is 1.50 bits per heavy atom. The standard InChI is InChI=1S/C24H29NO6S/c1-17-11-13-25(14-12-17)32(27,28)20-8-5-18(6-9-20)21(26)10-7-19-15-23(30-3)24(31-4)16-22(19)29-2/h5-10,15-17H,11-14H2,1-4H3. The van der Waals surface area contributed by atoms with Gasteiger partial charge >= 0.3 is 0 Å². The molecule has 2 aromatic carbocycles. The van der Waals surface area contributed by atoms with E-state index < -0.39 is 10.0 Å². The lowest BCUT2D eigenvalue weighted by molar-refractivity contribution is 0.104. The van der Waals surface area contributed by atoms with E-state index in [0.29, 0.717) is 47.4 Å². The number of nitrogens with zero attached hydrogens (tertiary/aromatic N) is 1. The monoisotopic (exact) mass is 459 g/mol. The Morgan fingerprint density at radius 3 is 2.06 bits per heavy atom. The number of rotatable bonds is 8. The molecule has 0 unspecified atom stereocenters. The molecule has 0 N–H and O–H groups in total. The predicted octanol–water partition coefficient (Wildman–Crippen LogP) is 4.03. The van der Waals surface area contributed by atoms with Crippen molar-refractivity contribution in [3.8, 4) is 17.2 Å². The molecule has 2 aromatic rings. The summed E-state index contributed by atoms with van der Waals surface area (Å²) in [7, 11) is 1.05. The summed E-state index contributed by atoms with van der Waals surface area (Å²) in [5, 5.41) is 0. The molecule has 8 heteroatoms. The van der Waals surface area contributed by atoms with Crippen LogP contribution in [0.3, 0.4) is 0 Å². The first-order valence-corrected chi connectivity index (χ1v) is 11.9. The molecular formula is C24H29NO6S. The van der Waals surface area contributed by atoms with E-state index in [4.69, 9.17) is 14.2 Å². The molecule has 1 heterocycles. The number of benzene rings is 2. The van der Waals surface area contributed by atoms with Gasteiger partial charge in [-0.1, -0.05) is 6.92 Å². The summed E-state index contributed by atoms with van der Waals surface area (Å²) in [5.41, 5.74) is 1.05. The van der Waals surface area contributed by atoms with Crippen molar-refractivity contribution >= 4 is 21.9 Å². The van der Waals surface area contributed by atoms with Crippen molar-refractivity contribution < 1.29 is 27.4 Å². The molecule has 1 saturated heterocycles. The number of ether oxygens (including phenoxy) is 3. The van der Waals surface area contributed by atoms with Gasteiger partial charge in [0.25, 0.3) is 0 Å². The maximum Gasteiger partial charge on any atom is 0.243 e. The number of carbonyl (C=O) groups is 1. The van der Waals surface area contributed by atoms with E-state index in [9.17, 15) is 13.2 Å². The topological polar surface area (TPSA) is 82.1 Å². The molecule has 0 saturated carbocycles. The Labute approximate surface area is 189 Å². The lowest BCUT2D eigenvalue weighted by Gasteiger charge is -2.29. The van der Waals surface area contributed by atoms with Gasteiger partial charge in [0.05, 0.1) is 26.2 Å². The third-order valence-corrected chi connectivity index (χ3v) is 7.58. The molecule has 0 atom stereocenters. The van der Waals surface area contributed by atoms with Crippen LogP contribution in [0.2, 0.25) is 0 Å². The zero-order valence-electron chi connectivity index (χ0n) is 18.8. The molecule has 0 aromatic heterocycles. The van der Waals surface area contributed by atoms with Crippen molar-refractivity contribution in [1.82, 2.24) is 4.31 Å². The predicted molar refractivity (Wildman–Crippen MR) is 123 cm³/mol. The van der Waals surface area contributed by atoms with Crippen LogP contribution in [-0.2, 0) is 10.0 Å². The van der Waals surface area contributed by atoms with Crippen molar-refractivity contribution in [2.75, 3.05) is 34.4 Å². The third kappa shape index (κ3) is 5.14. The lowest BCUT2D eigenvalue weighted by atomic mass is 10.0. The second-order valence-electron chi connectivity index (χ2n) is 7.76. The third-order valence-electron chi connectivity index (χ3n) is 5.67. The molecule has 7 nitrogen and oxygen atoms in total. The van der Waals surface area contributed by atoms with Crippen LogP contribution in [0, 0.1) is 5.92 Å². The number of methoxy groups -OCH3 is 3. The summed E-state index contributed by atoms with van der Waals surface area (Å²) < 4.78 is 43.2. The fourth-order valence-electron chi connectivity index (χ4n) is 3.61. The molecule has 172 valence electrons. The van der Waals surface area contributed by atoms with Crippen LogP contribution in [-0.4, -0.2) is 52.9 Å². The Morgan fingerprint density at radius 1 is 0.938 bits per heavy atom. The lowest BCUT2D eigenvalue weighted by Crippen LogP contribution is -2.37. The van der Waals surface area contributed by atoms with Crippen LogP contribution in [0.25, 0.3) is 6.08 Å². The molecule has 1 fully saturated rings. The molecule has 0 amide bonds. The Hall–Kier alpha value is -2.84. The van der Waals surface area contributed by atoms with Crippen LogP contribution in [0.1, 0.15) is 35.7 Å². The van der Waals surface area contributed by atoms with Crippen LogP contribution in [0.15, 0.2) is 47.4 Å². The van der Waals surface area contributed by atoms with Crippen LogP contribution in [0.5, 0.6) is 17.2 Å². The maximum absolute atomic E-state index is 12.9. The maximum atomic E-state index is 12.9. The number of hydrogen-bond acceptors (Lipinski definition) is 6. The first-order valence-electron chi connectivity index (χ1n) is 10.4. The highest BCUT2D eigenvalue weighted by molar-refractivity contribution is 7.89. The van der Waals surface area contributed by atoms with Gasteiger partial charge in [0.15, 0.2) is 17.3 Å². The summed E-state index contributed by atoms with van der Waals surface area (Å²) >= 11 is 0. The van der Waals surface area contributed by atoms with Crippen molar-refractivity contribution in [2.24, 2.45) is 5.92 Å². The summed E-state index contributed by atoms with van der Waals surface area (Å²) in [6, 6.07) is 9.47. The van der Waals surface area contributed by atoms with Crippen molar-refractivity contribution in [3.63, 3.8) is 0 Å². The summed E-state index contributed by atoms with van der Waals surface area (Å²) in [5.74, 6) is 1.86. The number of ketones is 1. The molecule has 0 bridgehead atoms. The molecule has 0 radical (unpaired) electrons. The minimum absolute atomic E-state index is 0.203. The molecule has 0 aliphatic carbocycles. The van der Waals surface area contributed by atoms with Gasteiger partial charge in [-0.05, 0) is 61.2 Å². The highest BCUT2D eigenvalue weighted by atomic mass is 32.2. The van der Waals surface area contributed by atoms with E-state index in [1.165, 1.54) is 56.0 Å². The average molecular weight is 460 g/mol. The van der Waals surface area contributed by atoms with Crippen LogP contribution >= 0.6 is 0 Å². The number of sulfonamides is 1. The van der Waals surface area contributed by atoms with E-state index in [1.807, 2.05) is 0 Å². The fraction of sp³-hybridized carbons (Fsp3) is 0.375. The average Bonchev–Trinajstić information content (AvgIpc) is 2.82. The zero-order valence-corrected chi connectivity index (χ0v) is 19.6. The molecular weight excluding hydrogens is 430 g/mol. The molecule has 32 heavy (non-hydrogen) atoms. The van der Waals surface area contributed by atoms with E-state index in [2.05, 4.69) is 6.92 Å². The van der Waals surface area contributed by atoms with Gasteiger partial charge in [-0.2, -0.15) is 4.31 Å². The zero-order chi connectivity index (χ0) is 23.3. The molecule has 1 aliphatic heterocycles. The highest BCUT2D eigenvalue weighted by Gasteiger charge is 2.28. The van der Waals surface area contributed by atoms with Gasteiger partial charge in [-0.15, -0.1) is 0 Å². The van der Waals surface area contributed by atoms with Gasteiger partial charge in [0, 0.05) is 30.3 Å². The first kappa shape index (κ1) is 23.8. The van der Waals surface area contributed by atoms with E-state index in [0.717, 1.165) is 12.8 Å². The van der Waals surface area contributed by atoms with Gasteiger partial charge in [0.2, 0.25) is 10.0 Å². The largest absolute Gasteiger partial charge is 0.496 e. The van der Waals surface area contributed by atoms with E-state index in [-0.39, 0.29) is 10.7 Å². The second-order valence-corrected chi connectivity index (χ2v) is 9.70. The van der Waals surface area contributed by atoms with Gasteiger partial charge in [-0.25, -0.2) is 8.42 Å². The first-order chi connectivity index (χ1) is 15.3. The Balaban J connectivity index is 1.77. The van der Waals surface area contributed by atoms with Gasteiger partial charge in [0.1, 0.15) is 5.75 Å². The van der Waals surface area contributed by atoms with Crippen molar-refractivity contribution in [3.05, 3.63) is 53.6 Å². The van der Waals surface area contributed by atoms with Gasteiger partial charge in [-0.3, -0.25) is 4.79 Å². The molecule has 0 spiro atoms. The minimum atomic E-state index is -3.54. The summed E-state index contributed by atoms with van der Waals surface area (Å²) in [6.45, 7) is 3.19. The van der Waals surface area contributed by atoms with Crippen LogP contribution in [0.4, 0.5) is 0 Å². The van der Waals surface area contributed by atoms with Gasteiger partial charge < -0.3 is 14.2 Å². The minimum Gasteiger partial charge on any atom is -0.496 e. The highest BCUT2D eigenvalue weighted by Crippen LogP contribution is 2.35. The van der Waals surface area contributed by atoms with Crippen molar-refractivity contribution in [1.29, 1.82) is 0 Å². The Bertz CT molecular complexity index is 1080. The number of carbonyl (C=O) groups excluding carboxylic acids is 1. The SMILES string of the molecule is COc1cc(OC)c(OC)cc1C=CC(=O)c1ccc(S(=O)(=O)N2CCC(C)CC2)cc1. The quantitative estimate of drug-likeness (QED) is 0.438. The Kier molecular flexibility index (Phi) is 7.58.